The predicted molar refractivity (Wildman–Crippen MR) is 78.6 cm³/mol. The number of aliphatic hydroxyl groups excluding tert-OH is 1. The number of carbonyl (C=O) groups is 2. The van der Waals surface area contributed by atoms with E-state index in [1.807, 2.05) is 0 Å². The maximum Gasteiger partial charge on any atom is 0.335 e. The average molecular weight is 292 g/mol. The molecule has 0 bridgehead atoms. The number of nitrogens with one attached hydrogen (secondary N) is 1. The molecule has 0 spiro atoms. The van der Waals surface area contributed by atoms with E-state index >= 15 is 0 Å². The molecule has 1 aromatic carbocycles. The zero-order chi connectivity index (χ0) is 15.4. The lowest BCUT2D eigenvalue weighted by atomic mass is 9.91. The molecule has 0 heterocycles. The quantitative estimate of drug-likeness (QED) is 0.775. The summed E-state index contributed by atoms with van der Waals surface area (Å²) in [5.41, 5.74) is 1.48. The molecule has 1 aliphatic carbocycles. The zero-order valence-electron chi connectivity index (χ0n) is 12.0. The third-order valence-corrected chi connectivity index (χ3v) is 3.83. The first-order valence-electron chi connectivity index (χ1n) is 7.05. The van der Waals surface area contributed by atoms with Gasteiger partial charge in [0.15, 0.2) is 0 Å². The van der Waals surface area contributed by atoms with Crippen molar-refractivity contribution in [1.29, 1.82) is 0 Å². The van der Waals surface area contributed by atoms with Crippen LogP contribution in [0.2, 0.25) is 0 Å². The first-order valence-corrected chi connectivity index (χ1v) is 7.05. The number of aliphatic hydroxyl groups is 1. The van der Waals surface area contributed by atoms with Gasteiger partial charge in [0.1, 0.15) is 0 Å². The van der Waals surface area contributed by atoms with Crippen molar-refractivity contribution in [2.45, 2.75) is 32.2 Å². The van der Waals surface area contributed by atoms with Crippen molar-refractivity contribution in [3.63, 3.8) is 0 Å². The molecule has 0 radical (unpaired) electrons. The second-order valence-electron chi connectivity index (χ2n) is 5.27. The van der Waals surface area contributed by atoms with Crippen LogP contribution in [0, 0.1) is 6.92 Å². The Kier molecular flexibility index (Phi) is 4.80. The molecule has 1 saturated carbocycles. The van der Waals surface area contributed by atoms with E-state index in [1.165, 1.54) is 12.1 Å². The molecule has 2 amide bonds. The second-order valence-corrected chi connectivity index (χ2v) is 5.27. The number of nitrogens with zero attached hydrogens (tertiary/aromatic N) is 1. The Bertz CT molecular complexity index is 540. The fraction of sp³-hybridized carbons (Fsp3) is 0.467. The van der Waals surface area contributed by atoms with Crippen molar-refractivity contribution < 1.29 is 19.8 Å². The fourth-order valence-corrected chi connectivity index (χ4v) is 2.38. The van der Waals surface area contributed by atoms with Gasteiger partial charge in [0.25, 0.3) is 0 Å². The van der Waals surface area contributed by atoms with Crippen LogP contribution in [-0.4, -0.2) is 46.3 Å². The summed E-state index contributed by atoms with van der Waals surface area (Å²) in [7, 11) is 0. The lowest BCUT2D eigenvalue weighted by Crippen LogP contribution is -2.47. The Balaban J connectivity index is 2.08. The average Bonchev–Trinajstić information content (AvgIpc) is 2.38. The summed E-state index contributed by atoms with van der Waals surface area (Å²) in [6, 6.07) is 4.52. The van der Waals surface area contributed by atoms with E-state index in [9.17, 15) is 9.59 Å². The Morgan fingerprint density at radius 3 is 2.57 bits per heavy atom. The van der Waals surface area contributed by atoms with E-state index in [1.54, 1.807) is 17.9 Å². The molecule has 114 valence electrons. The maximum absolute atomic E-state index is 12.3. The number of rotatable bonds is 5. The van der Waals surface area contributed by atoms with Gasteiger partial charge in [-0.05, 0) is 49.9 Å². The smallest absolute Gasteiger partial charge is 0.335 e. The maximum atomic E-state index is 12.3. The van der Waals surface area contributed by atoms with Crippen molar-refractivity contribution in [1.82, 2.24) is 4.90 Å². The first-order chi connectivity index (χ1) is 10.0. The van der Waals surface area contributed by atoms with Crippen LogP contribution < -0.4 is 5.32 Å². The van der Waals surface area contributed by atoms with Crippen LogP contribution in [0.15, 0.2) is 18.2 Å². The number of aromatic carboxylic acids is 1. The Morgan fingerprint density at radius 1 is 1.38 bits per heavy atom. The second kappa shape index (κ2) is 6.58. The van der Waals surface area contributed by atoms with Crippen LogP contribution in [0.4, 0.5) is 10.5 Å². The van der Waals surface area contributed by atoms with E-state index in [2.05, 4.69) is 5.32 Å². The minimum Gasteiger partial charge on any atom is -0.478 e. The van der Waals surface area contributed by atoms with E-state index in [-0.39, 0.29) is 24.2 Å². The third kappa shape index (κ3) is 3.52. The van der Waals surface area contributed by atoms with E-state index in [4.69, 9.17) is 10.2 Å². The number of hydrogen-bond donors (Lipinski definition) is 3. The third-order valence-electron chi connectivity index (χ3n) is 3.83. The lowest BCUT2D eigenvalue weighted by molar-refractivity contribution is 0.0697. The van der Waals surface area contributed by atoms with Crippen molar-refractivity contribution in [2.24, 2.45) is 0 Å². The number of carboxylic acid groups (broad SMARTS) is 1. The number of urea groups is 1. The largest absolute Gasteiger partial charge is 0.478 e. The fourth-order valence-electron chi connectivity index (χ4n) is 2.38. The predicted octanol–water partition coefficient (Wildman–Crippen LogP) is 2.07. The number of anilines is 1. The zero-order valence-corrected chi connectivity index (χ0v) is 12.0. The number of carboxylic acids is 1. The number of amides is 2. The van der Waals surface area contributed by atoms with Gasteiger partial charge in [-0.1, -0.05) is 0 Å². The van der Waals surface area contributed by atoms with Gasteiger partial charge < -0.3 is 20.4 Å². The highest BCUT2D eigenvalue weighted by molar-refractivity contribution is 5.92. The van der Waals surface area contributed by atoms with Crippen molar-refractivity contribution in [3.05, 3.63) is 29.3 Å². The molecule has 6 nitrogen and oxygen atoms in total. The summed E-state index contributed by atoms with van der Waals surface area (Å²) >= 11 is 0. The Morgan fingerprint density at radius 2 is 2.10 bits per heavy atom. The molecule has 0 aromatic heterocycles. The minimum absolute atomic E-state index is 0.0686. The Hall–Kier alpha value is -2.08. The molecule has 21 heavy (non-hydrogen) atoms. The molecule has 6 heteroatoms. The van der Waals surface area contributed by atoms with E-state index in [0.29, 0.717) is 17.8 Å². The summed E-state index contributed by atoms with van der Waals surface area (Å²) in [6.07, 6.45) is 3.03. The van der Waals surface area contributed by atoms with Crippen molar-refractivity contribution in [3.8, 4) is 0 Å². The van der Waals surface area contributed by atoms with E-state index < -0.39 is 5.97 Å². The molecule has 2 rings (SSSR count). The highest BCUT2D eigenvalue weighted by Gasteiger charge is 2.28. The van der Waals surface area contributed by atoms with Gasteiger partial charge in [0.2, 0.25) is 0 Å². The molecule has 0 unspecified atom stereocenters. The van der Waals surface area contributed by atoms with Crippen molar-refractivity contribution in [2.75, 3.05) is 18.5 Å². The molecular weight excluding hydrogens is 272 g/mol. The van der Waals surface area contributed by atoms with Crippen molar-refractivity contribution >= 4 is 17.7 Å². The number of benzene rings is 1. The molecule has 0 saturated heterocycles. The van der Waals surface area contributed by atoms with Crippen LogP contribution in [0.3, 0.4) is 0 Å². The van der Waals surface area contributed by atoms with Gasteiger partial charge >= 0.3 is 12.0 Å². The molecular formula is C15H20N2O4. The van der Waals surface area contributed by atoms with Crippen LogP contribution >= 0.6 is 0 Å². The normalized spacial score (nSPS) is 14.4. The highest BCUT2D eigenvalue weighted by Crippen LogP contribution is 2.25. The number of aryl methyl sites for hydroxylation is 1. The first kappa shape index (κ1) is 15.3. The number of carbonyl (C=O) groups excluding carboxylic acids is 1. The summed E-state index contributed by atoms with van der Waals surface area (Å²) in [6.45, 7) is 1.99. The lowest BCUT2D eigenvalue weighted by Gasteiger charge is -2.37. The number of hydrogen-bond acceptors (Lipinski definition) is 3. The molecule has 0 atom stereocenters. The van der Waals surface area contributed by atoms with Gasteiger partial charge in [-0.15, -0.1) is 0 Å². The van der Waals surface area contributed by atoms with Gasteiger partial charge in [0, 0.05) is 18.3 Å². The topological polar surface area (TPSA) is 89.9 Å². The van der Waals surface area contributed by atoms with Gasteiger partial charge in [-0.3, -0.25) is 0 Å². The van der Waals surface area contributed by atoms with Crippen LogP contribution in [0.25, 0.3) is 0 Å². The summed E-state index contributed by atoms with van der Waals surface area (Å²) in [5, 5.41) is 20.8. The van der Waals surface area contributed by atoms with Gasteiger partial charge in [0.05, 0.1) is 12.2 Å². The molecule has 3 N–H and O–H groups in total. The summed E-state index contributed by atoms with van der Waals surface area (Å²) in [5.74, 6) is -0.993. The van der Waals surface area contributed by atoms with Gasteiger partial charge in [-0.25, -0.2) is 9.59 Å². The standard InChI is InChI=1S/C15H20N2O4/c1-10-9-11(14(19)20)5-6-13(10)16-15(21)17(7-8-18)12-3-2-4-12/h5-6,9,12,18H,2-4,7-8H2,1H3,(H,16,21)(H,19,20). The molecule has 1 aliphatic rings. The SMILES string of the molecule is Cc1cc(C(=O)O)ccc1NC(=O)N(CCO)C1CCC1. The Labute approximate surface area is 123 Å². The summed E-state index contributed by atoms with van der Waals surface area (Å²) < 4.78 is 0. The highest BCUT2D eigenvalue weighted by atomic mass is 16.4. The van der Waals surface area contributed by atoms with E-state index in [0.717, 1.165) is 19.3 Å². The monoisotopic (exact) mass is 292 g/mol. The summed E-state index contributed by atoms with van der Waals surface area (Å²) in [4.78, 5) is 24.8. The van der Waals surface area contributed by atoms with Gasteiger partial charge in [-0.2, -0.15) is 0 Å². The molecule has 0 aliphatic heterocycles. The van der Waals surface area contributed by atoms with Crippen LogP contribution in [0.1, 0.15) is 35.2 Å². The molecule has 1 fully saturated rings. The van der Waals surface area contributed by atoms with Crippen LogP contribution in [-0.2, 0) is 0 Å². The van der Waals surface area contributed by atoms with Crippen LogP contribution in [0.5, 0.6) is 0 Å². The molecule has 1 aromatic rings. The minimum atomic E-state index is -0.993.